The van der Waals surface area contributed by atoms with E-state index in [1.54, 1.807) is 0 Å². The van der Waals surface area contributed by atoms with Crippen molar-refractivity contribution < 1.29 is 9.84 Å². The van der Waals surface area contributed by atoms with Gasteiger partial charge in [0.2, 0.25) is 0 Å². The Balaban J connectivity index is 1.77. The lowest BCUT2D eigenvalue weighted by atomic mass is 9.93. The Labute approximate surface area is 110 Å². The lowest BCUT2D eigenvalue weighted by Crippen LogP contribution is -2.06. The highest BCUT2D eigenvalue weighted by atomic mass is 16.5. The highest BCUT2D eigenvalue weighted by Gasteiger charge is 2.19. The monoisotopic (exact) mass is 251 g/mol. The van der Waals surface area contributed by atoms with E-state index in [1.807, 2.05) is 0 Å². The minimum atomic E-state index is -0.253. The third kappa shape index (κ3) is 3.59. The van der Waals surface area contributed by atoms with Gasteiger partial charge in [0.05, 0.1) is 12.7 Å². The first-order valence-corrected chi connectivity index (χ1v) is 7.11. The van der Waals surface area contributed by atoms with Crippen LogP contribution in [0.2, 0.25) is 0 Å². The molecule has 1 heterocycles. The van der Waals surface area contributed by atoms with Crippen molar-refractivity contribution >= 4 is 0 Å². The van der Waals surface area contributed by atoms with E-state index in [1.165, 1.54) is 5.56 Å². The van der Waals surface area contributed by atoms with E-state index in [0.717, 1.165) is 51.0 Å². The van der Waals surface area contributed by atoms with Crippen LogP contribution in [0.15, 0.2) is 12.4 Å². The van der Waals surface area contributed by atoms with Gasteiger partial charge in [-0.2, -0.15) is 0 Å². The molecule has 0 radical (unpaired) electrons. The minimum Gasteiger partial charge on any atom is -0.388 e. The third-order valence-electron chi connectivity index (χ3n) is 3.61. The number of nitrogens with zero attached hydrogens (tertiary/aromatic N) is 1. The second-order valence-corrected chi connectivity index (χ2v) is 5.68. The van der Waals surface area contributed by atoms with Gasteiger partial charge >= 0.3 is 0 Å². The van der Waals surface area contributed by atoms with Gasteiger partial charge in [-0.25, -0.2) is 0 Å². The molecule has 1 unspecified atom stereocenters. The van der Waals surface area contributed by atoms with Crippen LogP contribution >= 0.6 is 0 Å². The maximum absolute atomic E-state index is 9.90. The SMILES string of the molecule is CC(C)CCOCCn1cc2c(c1)C(O)CCC2. The molecule has 0 aromatic carbocycles. The van der Waals surface area contributed by atoms with Crippen molar-refractivity contribution in [2.75, 3.05) is 13.2 Å². The lowest BCUT2D eigenvalue weighted by molar-refractivity contribution is 0.116. The van der Waals surface area contributed by atoms with Gasteiger partial charge in [-0.05, 0) is 37.2 Å². The molecule has 1 aromatic heterocycles. The molecule has 0 spiro atoms. The van der Waals surface area contributed by atoms with E-state index in [-0.39, 0.29) is 6.10 Å². The predicted molar refractivity (Wildman–Crippen MR) is 72.6 cm³/mol. The Hall–Kier alpha value is -0.800. The number of aromatic nitrogens is 1. The summed E-state index contributed by atoms with van der Waals surface area (Å²) in [5.74, 6) is 0.707. The van der Waals surface area contributed by atoms with Gasteiger partial charge in [0, 0.05) is 31.1 Å². The molecule has 1 aliphatic carbocycles. The summed E-state index contributed by atoms with van der Waals surface area (Å²) in [6, 6.07) is 0. The number of aryl methyl sites for hydroxylation is 1. The molecule has 1 atom stereocenters. The topological polar surface area (TPSA) is 34.4 Å². The number of hydrogen-bond donors (Lipinski definition) is 1. The van der Waals surface area contributed by atoms with Crippen LogP contribution in [-0.2, 0) is 17.7 Å². The maximum Gasteiger partial charge on any atom is 0.0807 e. The van der Waals surface area contributed by atoms with E-state index >= 15 is 0 Å². The molecule has 3 heteroatoms. The van der Waals surface area contributed by atoms with E-state index in [2.05, 4.69) is 30.8 Å². The zero-order chi connectivity index (χ0) is 13.0. The normalized spacial score (nSPS) is 19.2. The standard InChI is InChI=1S/C15H25NO2/c1-12(2)6-8-18-9-7-16-10-13-4-3-5-15(17)14(13)11-16/h10-12,15,17H,3-9H2,1-2H3. The number of ether oxygens (including phenoxy) is 1. The molecule has 1 N–H and O–H groups in total. The van der Waals surface area contributed by atoms with Gasteiger partial charge < -0.3 is 14.4 Å². The number of rotatable bonds is 6. The summed E-state index contributed by atoms with van der Waals surface area (Å²) in [4.78, 5) is 0. The molecule has 0 saturated carbocycles. The van der Waals surface area contributed by atoms with Crippen molar-refractivity contribution in [1.29, 1.82) is 0 Å². The van der Waals surface area contributed by atoms with Gasteiger partial charge in [0.25, 0.3) is 0 Å². The van der Waals surface area contributed by atoms with Gasteiger partial charge in [-0.15, -0.1) is 0 Å². The molecular weight excluding hydrogens is 226 g/mol. The minimum absolute atomic E-state index is 0.253. The highest BCUT2D eigenvalue weighted by Crippen LogP contribution is 2.30. The van der Waals surface area contributed by atoms with E-state index in [9.17, 15) is 5.11 Å². The molecule has 1 aromatic rings. The maximum atomic E-state index is 9.90. The molecule has 3 nitrogen and oxygen atoms in total. The molecule has 0 bridgehead atoms. The first-order chi connectivity index (χ1) is 8.66. The zero-order valence-corrected chi connectivity index (χ0v) is 11.6. The van der Waals surface area contributed by atoms with Crippen LogP contribution in [-0.4, -0.2) is 22.9 Å². The van der Waals surface area contributed by atoms with E-state index < -0.39 is 0 Å². The van der Waals surface area contributed by atoms with Crippen LogP contribution < -0.4 is 0 Å². The Bertz CT molecular complexity index is 371. The number of fused-ring (bicyclic) bond motifs is 1. The second kappa shape index (κ2) is 6.39. The summed E-state index contributed by atoms with van der Waals surface area (Å²) >= 11 is 0. The summed E-state index contributed by atoms with van der Waals surface area (Å²) in [5, 5.41) is 9.90. The predicted octanol–water partition coefficient (Wildman–Crippen LogP) is 2.92. The molecule has 102 valence electrons. The highest BCUT2D eigenvalue weighted by molar-refractivity contribution is 5.28. The fourth-order valence-corrected chi connectivity index (χ4v) is 2.44. The fraction of sp³-hybridized carbons (Fsp3) is 0.733. The number of aliphatic hydroxyl groups is 1. The van der Waals surface area contributed by atoms with Gasteiger partial charge in [-0.1, -0.05) is 13.8 Å². The molecule has 2 rings (SSSR count). The smallest absolute Gasteiger partial charge is 0.0807 e. The first-order valence-electron chi connectivity index (χ1n) is 7.11. The fourth-order valence-electron chi connectivity index (χ4n) is 2.44. The van der Waals surface area contributed by atoms with Crippen LogP contribution in [0.5, 0.6) is 0 Å². The first kappa shape index (κ1) is 13.6. The molecular formula is C15H25NO2. The van der Waals surface area contributed by atoms with E-state index in [0.29, 0.717) is 5.92 Å². The van der Waals surface area contributed by atoms with Gasteiger partial charge in [0.15, 0.2) is 0 Å². The Morgan fingerprint density at radius 2 is 2.22 bits per heavy atom. The summed E-state index contributed by atoms with van der Waals surface area (Å²) in [6.45, 7) is 6.92. The largest absolute Gasteiger partial charge is 0.388 e. The number of aliphatic hydroxyl groups excluding tert-OH is 1. The molecule has 0 saturated heterocycles. The van der Waals surface area contributed by atoms with Gasteiger partial charge in [-0.3, -0.25) is 0 Å². The molecule has 0 fully saturated rings. The van der Waals surface area contributed by atoms with Crippen LogP contribution in [0.3, 0.4) is 0 Å². The lowest BCUT2D eigenvalue weighted by Gasteiger charge is -2.16. The van der Waals surface area contributed by atoms with Crippen LogP contribution in [0.1, 0.15) is 50.3 Å². The Morgan fingerprint density at radius 3 is 2.94 bits per heavy atom. The average molecular weight is 251 g/mol. The molecule has 0 aliphatic heterocycles. The summed E-state index contributed by atoms with van der Waals surface area (Å²) in [7, 11) is 0. The van der Waals surface area contributed by atoms with Crippen LogP contribution in [0.4, 0.5) is 0 Å². The van der Waals surface area contributed by atoms with E-state index in [4.69, 9.17) is 4.74 Å². The third-order valence-corrected chi connectivity index (χ3v) is 3.61. The van der Waals surface area contributed by atoms with Crippen LogP contribution in [0.25, 0.3) is 0 Å². The van der Waals surface area contributed by atoms with Gasteiger partial charge in [0.1, 0.15) is 0 Å². The summed E-state index contributed by atoms with van der Waals surface area (Å²) in [6.07, 6.45) is 8.24. The quantitative estimate of drug-likeness (QED) is 0.789. The Morgan fingerprint density at radius 1 is 1.39 bits per heavy atom. The molecule has 1 aliphatic rings. The molecule has 18 heavy (non-hydrogen) atoms. The van der Waals surface area contributed by atoms with Crippen molar-refractivity contribution in [2.24, 2.45) is 5.92 Å². The Kier molecular flexibility index (Phi) is 4.84. The zero-order valence-electron chi connectivity index (χ0n) is 11.6. The molecule has 0 amide bonds. The van der Waals surface area contributed by atoms with Crippen molar-refractivity contribution in [3.8, 4) is 0 Å². The second-order valence-electron chi connectivity index (χ2n) is 5.68. The van der Waals surface area contributed by atoms with Crippen molar-refractivity contribution in [1.82, 2.24) is 4.57 Å². The average Bonchev–Trinajstić information content (AvgIpc) is 2.72. The summed E-state index contributed by atoms with van der Waals surface area (Å²) in [5.41, 5.74) is 2.44. The van der Waals surface area contributed by atoms with Crippen LogP contribution in [0, 0.1) is 5.92 Å². The summed E-state index contributed by atoms with van der Waals surface area (Å²) < 4.78 is 7.79. The number of hydrogen-bond acceptors (Lipinski definition) is 2. The van der Waals surface area contributed by atoms with Crippen molar-refractivity contribution in [2.45, 2.75) is 52.2 Å². The van der Waals surface area contributed by atoms with Crippen molar-refractivity contribution in [3.05, 3.63) is 23.5 Å². The van der Waals surface area contributed by atoms with Crippen molar-refractivity contribution in [3.63, 3.8) is 0 Å².